The van der Waals surface area contributed by atoms with Gasteiger partial charge in [-0.1, -0.05) is 89.6 Å². The molecule has 0 saturated heterocycles. The fraction of sp³-hybridized carbons (Fsp3) is 0.367. The average Bonchev–Trinajstić information content (AvgIpc) is 3.02. The van der Waals surface area contributed by atoms with Crippen LogP contribution in [0.2, 0.25) is 0 Å². The highest BCUT2D eigenvalue weighted by atomic mass is 16.5. The van der Waals surface area contributed by atoms with Gasteiger partial charge in [0.15, 0.2) is 6.61 Å². The van der Waals surface area contributed by atoms with Gasteiger partial charge in [-0.3, -0.25) is 14.6 Å². The Morgan fingerprint density at radius 3 is 2.43 bits per heavy atom. The second kappa shape index (κ2) is 18.7. The summed E-state index contributed by atoms with van der Waals surface area (Å²) in [5.41, 5.74) is 3.32. The summed E-state index contributed by atoms with van der Waals surface area (Å²) in [4.78, 5) is 28.8. The Kier molecular flexibility index (Phi) is 16.8. The number of hydrogen-bond donors (Lipinski definition) is 0. The number of benzene rings is 1. The fourth-order valence-corrected chi connectivity index (χ4v) is 3.28. The predicted octanol–water partition coefficient (Wildman–Crippen LogP) is 6.98. The summed E-state index contributed by atoms with van der Waals surface area (Å²) in [6.07, 6.45) is 22.7. The van der Waals surface area contributed by atoms with Crippen LogP contribution in [0.25, 0.3) is 16.5 Å². The maximum absolute atomic E-state index is 13.1. The van der Waals surface area contributed by atoms with Crippen molar-refractivity contribution in [3.05, 3.63) is 65.9 Å². The van der Waals surface area contributed by atoms with Crippen molar-refractivity contribution in [1.82, 2.24) is 4.57 Å². The van der Waals surface area contributed by atoms with E-state index in [1.165, 1.54) is 6.42 Å². The number of allylic oxidation sites excluding steroid dienone is 6. The van der Waals surface area contributed by atoms with Crippen LogP contribution in [-0.2, 0) is 16.6 Å². The van der Waals surface area contributed by atoms with E-state index >= 15 is 0 Å². The van der Waals surface area contributed by atoms with Crippen LogP contribution in [-0.4, -0.2) is 35.7 Å². The number of para-hydroxylation sites is 1. The van der Waals surface area contributed by atoms with Crippen LogP contribution < -0.4 is 0 Å². The normalized spacial score (nSPS) is 11.7. The number of ether oxygens (including phenoxy) is 1. The second-order valence-electron chi connectivity index (χ2n) is 7.21. The third kappa shape index (κ3) is 9.62. The summed E-state index contributed by atoms with van der Waals surface area (Å²) >= 11 is 0. The molecule has 1 aliphatic rings. The molecule has 0 N–H and O–H groups in total. The quantitative estimate of drug-likeness (QED) is 0.187. The number of aromatic nitrogens is 1. The molecule has 5 nitrogen and oxygen atoms in total. The minimum atomic E-state index is -0.503. The summed E-state index contributed by atoms with van der Waals surface area (Å²) in [6, 6.07) is 7.77. The monoisotopic (exact) mass is 476 g/mol. The predicted molar refractivity (Wildman–Crippen MR) is 150 cm³/mol. The van der Waals surface area contributed by atoms with Crippen LogP contribution in [0.1, 0.15) is 69.9 Å². The van der Waals surface area contributed by atoms with Crippen LogP contribution >= 0.6 is 0 Å². The zero-order valence-corrected chi connectivity index (χ0v) is 22.1. The van der Waals surface area contributed by atoms with E-state index in [-0.39, 0.29) is 18.9 Å². The van der Waals surface area contributed by atoms with E-state index in [0.29, 0.717) is 5.56 Å². The molecule has 3 rings (SSSR count). The Bertz CT molecular complexity index is 1070. The third-order valence-electron chi connectivity index (χ3n) is 4.54. The average molecular weight is 477 g/mol. The minimum absolute atomic E-state index is 0.0673. The van der Waals surface area contributed by atoms with Crippen LogP contribution in [0, 0.1) is 12.8 Å². The number of nitrogens with zero attached hydrogens (tertiary/aromatic N) is 2. The topological polar surface area (TPSA) is 60.7 Å². The molecule has 5 heteroatoms. The summed E-state index contributed by atoms with van der Waals surface area (Å²) in [6.45, 7) is 9.82. The van der Waals surface area contributed by atoms with Crippen LogP contribution in [0.5, 0.6) is 0 Å². The number of rotatable bonds is 7. The van der Waals surface area contributed by atoms with Crippen molar-refractivity contribution in [3.63, 3.8) is 0 Å². The van der Waals surface area contributed by atoms with E-state index < -0.39 is 5.97 Å². The van der Waals surface area contributed by atoms with Crippen molar-refractivity contribution in [1.29, 1.82) is 0 Å². The number of ketones is 1. The molecule has 0 amide bonds. The number of hydrogen-bond acceptors (Lipinski definition) is 4. The van der Waals surface area contributed by atoms with Crippen molar-refractivity contribution in [2.75, 3.05) is 13.2 Å². The Morgan fingerprint density at radius 2 is 1.77 bits per heavy atom. The molecule has 1 aromatic carbocycles. The van der Waals surface area contributed by atoms with Crippen molar-refractivity contribution in [2.45, 2.75) is 53.9 Å². The summed E-state index contributed by atoms with van der Waals surface area (Å²) in [5.74, 6) is -0.724. The zero-order valence-electron chi connectivity index (χ0n) is 22.1. The number of esters is 1. The number of Topliss-reactive ketones (excluding diaryl/α,β-unsaturated/α-hetero) is 1. The van der Waals surface area contributed by atoms with Gasteiger partial charge in [-0.2, -0.15) is 0 Å². The number of fused-ring (bicyclic) bond motifs is 1. The van der Waals surface area contributed by atoms with E-state index in [1.54, 1.807) is 6.21 Å². The molecule has 0 bridgehead atoms. The molecule has 0 spiro atoms. The highest BCUT2D eigenvalue weighted by molar-refractivity contribution is 6.13. The lowest BCUT2D eigenvalue weighted by Crippen LogP contribution is -2.17. The van der Waals surface area contributed by atoms with Gasteiger partial charge >= 0.3 is 5.97 Å². The third-order valence-corrected chi connectivity index (χ3v) is 4.54. The molecule has 1 aromatic heterocycles. The first-order valence-electron chi connectivity index (χ1n) is 12.2. The van der Waals surface area contributed by atoms with Crippen molar-refractivity contribution in [2.24, 2.45) is 12.0 Å². The Labute approximate surface area is 211 Å². The van der Waals surface area contributed by atoms with Gasteiger partial charge in [0, 0.05) is 18.0 Å². The Balaban J connectivity index is 0.00000150. The van der Waals surface area contributed by atoms with Gasteiger partial charge in [0.05, 0.1) is 11.3 Å². The van der Waals surface area contributed by atoms with Gasteiger partial charge in [0.1, 0.15) is 6.54 Å². The number of carbonyl (C=O) groups excluding carboxylic acids is 2. The largest absolute Gasteiger partial charge is 0.456 e. The Hall–Kier alpha value is -3.65. The molecule has 0 fully saturated rings. The molecule has 0 unspecified atom stereocenters. The lowest BCUT2D eigenvalue weighted by atomic mass is 10.0. The summed E-state index contributed by atoms with van der Waals surface area (Å²) in [7, 11) is 1.95. The first-order chi connectivity index (χ1) is 17.0. The van der Waals surface area contributed by atoms with Crippen LogP contribution in [0.3, 0.4) is 0 Å². The molecule has 0 atom stereocenters. The molecule has 35 heavy (non-hydrogen) atoms. The molecular weight excluding hydrogens is 436 g/mol. The van der Waals surface area contributed by atoms with E-state index in [2.05, 4.69) is 43.8 Å². The van der Waals surface area contributed by atoms with Gasteiger partial charge in [-0.05, 0) is 30.7 Å². The fourth-order valence-electron chi connectivity index (χ4n) is 3.28. The number of aliphatic imine (C=N–C) groups is 1. The van der Waals surface area contributed by atoms with Crippen molar-refractivity contribution in [3.8, 4) is 12.8 Å². The van der Waals surface area contributed by atoms with Gasteiger partial charge in [0.25, 0.3) is 0 Å². The van der Waals surface area contributed by atoms with E-state index in [1.807, 2.05) is 74.9 Å². The second-order valence-corrected chi connectivity index (χ2v) is 7.21. The SMILES string of the molecule is C#C.CC.CCC.CCC=NCC(=O)OCC(=O)c1c(C2=CC=CCC=C2)n(C)c2ccccc12. The molecule has 2 aromatic rings. The zero-order chi connectivity index (χ0) is 26.6. The van der Waals surface area contributed by atoms with Gasteiger partial charge in [-0.15, -0.1) is 12.8 Å². The standard InChI is InChI=1S/C23H24N2O3.C3H8.C2H6.C2H2/c1-3-14-24-15-21(27)28-16-20(26)22-18-12-8-9-13-19(18)25(2)23(22)17-10-6-4-5-7-11-17;1-3-2;2*1-2/h4,6-14H,3,5,15-16H2,1-2H3;3H2,1-2H3;1-2H3;1-2H. The summed E-state index contributed by atoms with van der Waals surface area (Å²) < 4.78 is 7.19. The van der Waals surface area contributed by atoms with Crippen LogP contribution in [0.4, 0.5) is 0 Å². The Morgan fingerprint density at radius 1 is 1.11 bits per heavy atom. The first kappa shape index (κ1) is 31.4. The highest BCUT2D eigenvalue weighted by Crippen LogP contribution is 2.32. The molecule has 0 radical (unpaired) electrons. The molecule has 1 heterocycles. The minimum Gasteiger partial charge on any atom is -0.456 e. The molecule has 1 aliphatic carbocycles. The van der Waals surface area contributed by atoms with Gasteiger partial charge in [0.2, 0.25) is 5.78 Å². The van der Waals surface area contributed by atoms with E-state index in [9.17, 15) is 9.59 Å². The maximum atomic E-state index is 13.1. The molecule has 188 valence electrons. The lowest BCUT2D eigenvalue weighted by molar-refractivity contribution is -0.140. The summed E-state index contributed by atoms with van der Waals surface area (Å²) in [5, 5.41) is 0.854. The highest BCUT2D eigenvalue weighted by Gasteiger charge is 2.23. The molecule has 0 aliphatic heterocycles. The van der Waals surface area contributed by atoms with E-state index in [4.69, 9.17) is 4.74 Å². The number of carbonyl (C=O) groups is 2. The van der Waals surface area contributed by atoms with Gasteiger partial charge in [-0.25, -0.2) is 0 Å². The van der Waals surface area contributed by atoms with E-state index in [0.717, 1.165) is 35.0 Å². The number of aryl methyl sites for hydroxylation is 1. The lowest BCUT2D eigenvalue weighted by Gasteiger charge is -2.09. The molecule has 0 saturated carbocycles. The van der Waals surface area contributed by atoms with Crippen molar-refractivity contribution < 1.29 is 14.3 Å². The smallest absolute Gasteiger partial charge is 0.328 e. The van der Waals surface area contributed by atoms with Crippen LogP contribution in [0.15, 0.2) is 59.6 Å². The van der Waals surface area contributed by atoms with Crippen molar-refractivity contribution >= 4 is 34.4 Å². The molecular formula is C30H40N2O3. The van der Waals surface area contributed by atoms with Gasteiger partial charge < -0.3 is 9.30 Å². The first-order valence-corrected chi connectivity index (χ1v) is 12.2. The maximum Gasteiger partial charge on any atom is 0.328 e. The number of terminal acetylenes is 1.